The fraction of sp³-hybridized carbons (Fsp3) is 0.440. The number of likely N-dealkylation sites (tertiary alicyclic amines) is 1. The van der Waals surface area contributed by atoms with Crippen molar-refractivity contribution in [2.24, 2.45) is 11.8 Å². The molecule has 2 fully saturated rings. The number of carbonyl (C=O) groups is 2. The Balaban J connectivity index is 1.28. The minimum absolute atomic E-state index is 0.0926. The molecule has 0 bridgehead atoms. The van der Waals surface area contributed by atoms with Gasteiger partial charge in [-0.15, -0.1) is 0 Å². The van der Waals surface area contributed by atoms with Gasteiger partial charge in [0.1, 0.15) is 0 Å². The maximum Gasteiger partial charge on any atom is 0.321 e. The van der Waals surface area contributed by atoms with Crippen molar-refractivity contribution in [3.8, 4) is 0 Å². The average Bonchev–Trinajstić information content (AvgIpc) is 3.18. The zero-order valence-corrected chi connectivity index (χ0v) is 18.4. The van der Waals surface area contributed by atoms with E-state index in [0.29, 0.717) is 25.2 Å². The van der Waals surface area contributed by atoms with E-state index in [-0.39, 0.29) is 11.9 Å². The summed E-state index contributed by atoms with van der Waals surface area (Å²) in [5.74, 6) is 1.41. The lowest BCUT2D eigenvalue weighted by Crippen LogP contribution is -2.38. The average molecular weight is 421 g/mol. The molecule has 0 saturated carbocycles. The first-order chi connectivity index (χ1) is 15.0. The van der Waals surface area contributed by atoms with Crippen molar-refractivity contribution in [3.63, 3.8) is 0 Å². The van der Waals surface area contributed by atoms with E-state index in [9.17, 15) is 9.59 Å². The van der Waals surface area contributed by atoms with Gasteiger partial charge in [-0.1, -0.05) is 38.1 Å². The first kappa shape index (κ1) is 21.4. The number of nitrogens with one attached hydrogen (secondary N) is 2. The Hall–Kier alpha value is -2.86. The second-order valence-electron chi connectivity index (χ2n) is 9.07. The van der Waals surface area contributed by atoms with Crippen LogP contribution in [0.4, 0.5) is 10.5 Å². The Morgan fingerprint density at radius 3 is 2.26 bits per heavy atom. The number of benzene rings is 2. The molecule has 164 valence electrons. The molecule has 2 aliphatic heterocycles. The Labute approximate surface area is 184 Å². The van der Waals surface area contributed by atoms with Crippen molar-refractivity contribution in [2.75, 3.05) is 31.1 Å². The molecule has 0 radical (unpaired) electrons. The molecular formula is C25H32N4O2. The molecule has 2 aliphatic rings. The van der Waals surface area contributed by atoms with Crippen molar-refractivity contribution in [3.05, 3.63) is 65.2 Å². The number of nitrogens with zero attached hydrogens (tertiary/aromatic N) is 2. The topological polar surface area (TPSA) is 64.7 Å². The molecule has 0 spiro atoms. The lowest BCUT2D eigenvalue weighted by Gasteiger charge is -2.35. The molecule has 2 aromatic carbocycles. The maximum atomic E-state index is 12.5. The predicted octanol–water partition coefficient (Wildman–Crippen LogP) is 3.62. The van der Waals surface area contributed by atoms with Gasteiger partial charge in [-0.2, -0.15) is 0 Å². The number of anilines is 1. The third-order valence-corrected chi connectivity index (χ3v) is 6.12. The van der Waals surface area contributed by atoms with Crippen LogP contribution in [0.5, 0.6) is 0 Å². The summed E-state index contributed by atoms with van der Waals surface area (Å²) in [5.41, 5.74) is 3.80. The lowest BCUT2D eigenvalue weighted by atomic mass is 9.91. The van der Waals surface area contributed by atoms with Crippen LogP contribution in [0.3, 0.4) is 0 Å². The van der Waals surface area contributed by atoms with E-state index < -0.39 is 0 Å². The Bertz CT molecular complexity index is 900. The van der Waals surface area contributed by atoms with Crippen LogP contribution in [0, 0.1) is 11.8 Å². The lowest BCUT2D eigenvalue weighted by molar-refractivity contribution is 0.0951. The van der Waals surface area contributed by atoms with Gasteiger partial charge >= 0.3 is 6.03 Å². The van der Waals surface area contributed by atoms with Gasteiger partial charge in [-0.05, 0) is 53.6 Å². The van der Waals surface area contributed by atoms with Crippen LogP contribution < -0.4 is 15.5 Å². The highest BCUT2D eigenvalue weighted by molar-refractivity contribution is 5.96. The molecule has 31 heavy (non-hydrogen) atoms. The SMILES string of the molecule is CC1CC(C)CN(Cc2ccc(CNC(=O)c3ccc(N4CCNC4=O)cc3)cc2)C1. The maximum absolute atomic E-state index is 12.5. The van der Waals surface area contributed by atoms with Crippen molar-refractivity contribution >= 4 is 17.6 Å². The third-order valence-electron chi connectivity index (χ3n) is 6.12. The fourth-order valence-electron chi connectivity index (χ4n) is 4.74. The highest BCUT2D eigenvalue weighted by Crippen LogP contribution is 2.22. The summed E-state index contributed by atoms with van der Waals surface area (Å²) in [6.45, 7) is 9.80. The number of hydrogen-bond acceptors (Lipinski definition) is 3. The van der Waals surface area contributed by atoms with Crippen LogP contribution in [0.2, 0.25) is 0 Å². The summed E-state index contributed by atoms with van der Waals surface area (Å²) >= 11 is 0. The standard InChI is InChI=1S/C25H32N4O2/c1-18-13-19(2)16-28(15-18)17-21-5-3-20(4-6-21)14-27-24(30)22-7-9-23(10-8-22)29-12-11-26-25(29)31/h3-10,18-19H,11-17H2,1-2H3,(H,26,31)(H,27,30). The molecule has 6 heteroatoms. The molecule has 6 nitrogen and oxygen atoms in total. The summed E-state index contributed by atoms with van der Waals surface area (Å²) in [4.78, 5) is 28.5. The zero-order valence-electron chi connectivity index (χ0n) is 18.4. The highest BCUT2D eigenvalue weighted by atomic mass is 16.2. The quantitative estimate of drug-likeness (QED) is 0.750. The second-order valence-corrected chi connectivity index (χ2v) is 9.07. The third kappa shape index (κ3) is 5.44. The van der Waals surface area contributed by atoms with Crippen LogP contribution in [-0.2, 0) is 13.1 Å². The van der Waals surface area contributed by atoms with Gasteiger partial charge in [-0.25, -0.2) is 4.79 Å². The molecule has 3 amide bonds. The molecule has 2 saturated heterocycles. The smallest absolute Gasteiger partial charge is 0.321 e. The van der Waals surface area contributed by atoms with Crippen LogP contribution in [0.1, 0.15) is 41.8 Å². The summed E-state index contributed by atoms with van der Waals surface area (Å²) in [5, 5.41) is 5.76. The molecule has 4 rings (SSSR count). The second kappa shape index (κ2) is 9.52. The van der Waals surface area contributed by atoms with Crippen LogP contribution in [-0.4, -0.2) is 43.0 Å². The van der Waals surface area contributed by atoms with E-state index in [1.165, 1.54) is 25.1 Å². The molecule has 0 aliphatic carbocycles. The van der Waals surface area contributed by atoms with Crippen LogP contribution in [0.15, 0.2) is 48.5 Å². The fourth-order valence-corrected chi connectivity index (χ4v) is 4.74. The van der Waals surface area contributed by atoms with Gasteiger partial charge in [0.05, 0.1) is 0 Å². The molecular weight excluding hydrogens is 388 g/mol. The van der Waals surface area contributed by atoms with Crippen molar-refractivity contribution in [2.45, 2.75) is 33.4 Å². The van der Waals surface area contributed by atoms with Crippen molar-refractivity contribution < 1.29 is 9.59 Å². The summed E-state index contributed by atoms with van der Waals surface area (Å²) in [7, 11) is 0. The summed E-state index contributed by atoms with van der Waals surface area (Å²) in [6.07, 6.45) is 1.32. The van der Waals surface area contributed by atoms with Gasteiger partial charge in [0.25, 0.3) is 5.91 Å². The Kier molecular flexibility index (Phi) is 6.56. The monoisotopic (exact) mass is 420 g/mol. The van der Waals surface area contributed by atoms with E-state index >= 15 is 0 Å². The van der Waals surface area contributed by atoms with E-state index in [2.05, 4.69) is 53.6 Å². The number of carbonyl (C=O) groups excluding carboxylic acids is 2. The first-order valence-electron chi connectivity index (χ1n) is 11.2. The van der Waals surface area contributed by atoms with E-state index in [4.69, 9.17) is 0 Å². The number of rotatable bonds is 6. The highest BCUT2D eigenvalue weighted by Gasteiger charge is 2.22. The van der Waals surface area contributed by atoms with Gasteiger partial charge in [0.15, 0.2) is 0 Å². The number of amides is 3. The summed E-state index contributed by atoms with van der Waals surface area (Å²) in [6, 6.07) is 15.6. The van der Waals surface area contributed by atoms with Crippen LogP contribution in [0.25, 0.3) is 0 Å². The first-order valence-corrected chi connectivity index (χ1v) is 11.2. The summed E-state index contributed by atoms with van der Waals surface area (Å²) < 4.78 is 0. The van der Waals surface area contributed by atoms with Gasteiger partial charge in [0, 0.05) is 50.5 Å². The molecule has 2 atom stereocenters. The van der Waals surface area contributed by atoms with E-state index in [1.807, 2.05) is 12.1 Å². The zero-order chi connectivity index (χ0) is 21.8. The molecule has 2 aromatic rings. The van der Waals surface area contributed by atoms with Crippen molar-refractivity contribution in [1.29, 1.82) is 0 Å². The Morgan fingerprint density at radius 1 is 1.00 bits per heavy atom. The molecule has 2 heterocycles. The Morgan fingerprint density at radius 2 is 1.65 bits per heavy atom. The van der Waals surface area contributed by atoms with E-state index in [0.717, 1.165) is 29.6 Å². The molecule has 2 unspecified atom stereocenters. The minimum atomic E-state index is -0.113. The minimum Gasteiger partial charge on any atom is -0.348 e. The number of urea groups is 1. The van der Waals surface area contributed by atoms with Crippen LogP contribution >= 0.6 is 0 Å². The van der Waals surface area contributed by atoms with E-state index in [1.54, 1.807) is 17.0 Å². The van der Waals surface area contributed by atoms with Gasteiger partial charge in [0.2, 0.25) is 0 Å². The largest absolute Gasteiger partial charge is 0.348 e. The molecule has 2 N–H and O–H groups in total. The number of piperidine rings is 1. The number of hydrogen-bond donors (Lipinski definition) is 2. The molecule has 0 aromatic heterocycles. The predicted molar refractivity (Wildman–Crippen MR) is 123 cm³/mol. The van der Waals surface area contributed by atoms with Gasteiger partial charge in [-0.3, -0.25) is 14.6 Å². The van der Waals surface area contributed by atoms with Crippen molar-refractivity contribution in [1.82, 2.24) is 15.5 Å². The van der Waals surface area contributed by atoms with Gasteiger partial charge < -0.3 is 10.6 Å². The normalized spacial score (nSPS) is 21.7.